The number of rotatable bonds is 6. The molecule has 0 aliphatic heterocycles. The van der Waals surface area contributed by atoms with Crippen LogP contribution in [0.25, 0.3) is 22.6 Å². The van der Waals surface area contributed by atoms with Crippen molar-refractivity contribution in [3.63, 3.8) is 0 Å². The number of alkyl halides is 3. The van der Waals surface area contributed by atoms with Crippen LogP contribution in [0.2, 0.25) is 0 Å². The Morgan fingerprint density at radius 3 is 2.02 bits per heavy atom. The van der Waals surface area contributed by atoms with Gasteiger partial charge in [0.15, 0.2) is 0 Å². The first-order valence-electron chi connectivity index (χ1n) is 11.8. The van der Waals surface area contributed by atoms with Crippen LogP contribution in [0.1, 0.15) is 30.9 Å². The van der Waals surface area contributed by atoms with Crippen molar-refractivity contribution in [2.75, 3.05) is 40.1 Å². The van der Waals surface area contributed by atoms with Crippen molar-refractivity contribution in [2.24, 2.45) is 0 Å². The third-order valence-electron chi connectivity index (χ3n) is 6.29. The van der Waals surface area contributed by atoms with E-state index >= 15 is 0 Å². The Bertz CT molecular complexity index is 1520. The van der Waals surface area contributed by atoms with E-state index in [9.17, 15) is 22.0 Å². The Morgan fingerprint density at radius 1 is 0.850 bits per heavy atom. The summed E-state index contributed by atoms with van der Waals surface area (Å²) < 4.78 is 68.0. The molecule has 0 bridgehead atoms. The second-order valence-electron chi connectivity index (χ2n) is 10.7. The predicted molar refractivity (Wildman–Crippen MR) is 138 cm³/mol. The minimum Gasteiger partial charge on any atom is -0.573 e. The molecule has 0 unspecified atom stereocenters. The van der Waals surface area contributed by atoms with Gasteiger partial charge in [-0.25, -0.2) is 8.78 Å². The van der Waals surface area contributed by atoms with Crippen LogP contribution >= 0.6 is 0 Å². The molecule has 214 valence electrons. The van der Waals surface area contributed by atoms with E-state index in [1.807, 2.05) is 47.1 Å². The van der Waals surface area contributed by atoms with Crippen LogP contribution in [-0.4, -0.2) is 55.3 Å². The second-order valence-corrected chi connectivity index (χ2v) is 10.7. The van der Waals surface area contributed by atoms with Gasteiger partial charge in [0.1, 0.15) is 23.3 Å². The molecular formula is C27H27F5N7Pt+. The van der Waals surface area contributed by atoms with Crippen LogP contribution in [0, 0.1) is 18.0 Å². The van der Waals surface area contributed by atoms with Crippen molar-refractivity contribution in [3.05, 3.63) is 71.4 Å². The predicted octanol–water partition coefficient (Wildman–Crippen LogP) is 5.24. The zero-order valence-corrected chi connectivity index (χ0v) is 25.1. The first-order chi connectivity index (χ1) is 18.0. The van der Waals surface area contributed by atoms with Crippen LogP contribution in [0.4, 0.5) is 33.3 Å². The van der Waals surface area contributed by atoms with Gasteiger partial charge in [-0.3, -0.25) is 14.5 Å². The zero-order chi connectivity index (χ0) is 28.9. The molecule has 0 fully saturated rings. The third-order valence-corrected chi connectivity index (χ3v) is 6.29. The molecule has 0 aliphatic rings. The number of hydrogen-bond acceptors (Lipinski definition) is 5. The molecule has 0 saturated carbocycles. The molecule has 0 aliphatic carbocycles. The zero-order valence-electron chi connectivity index (χ0n) is 22.8. The SMILES string of the molecule is CN(C)c1cc(-c2[c-]cc(F)nc2F)nc(C(C)(C)c2cc([N+](C)(C)C)cc(-c3cc(C(F)(F)F)n[n-]3)n2)c1.[Pt+2]. The fourth-order valence-corrected chi connectivity index (χ4v) is 3.82. The van der Waals surface area contributed by atoms with Crippen molar-refractivity contribution >= 4 is 11.4 Å². The molecule has 0 saturated heterocycles. The van der Waals surface area contributed by atoms with E-state index in [4.69, 9.17) is 0 Å². The summed E-state index contributed by atoms with van der Waals surface area (Å²) >= 11 is 0. The normalized spacial score (nSPS) is 12.3. The molecule has 0 radical (unpaired) electrons. The molecule has 7 nitrogen and oxygen atoms in total. The number of hydrogen-bond donors (Lipinski definition) is 0. The smallest absolute Gasteiger partial charge is 0.573 e. The largest absolute Gasteiger partial charge is 2.00 e. The van der Waals surface area contributed by atoms with Gasteiger partial charge < -0.3 is 20.1 Å². The molecule has 13 heteroatoms. The number of aromatic nitrogens is 5. The molecule has 4 aromatic rings. The van der Waals surface area contributed by atoms with E-state index in [1.165, 1.54) is 0 Å². The monoisotopic (exact) mass is 739 g/mol. The number of anilines is 1. The van der Waals surface area contributed by atoms with Gasteiger partial charge in [-0.2, -0.15) is 13.2 Å². The molecule has 4 heterocycles. The summed E-state index contributed by atoms with van der Waals surface area (Å²) in [6.07, 6.45) is -4.64. The standard InChI is InChI=1S/C27H27F5N7.Pt/c1-26(2,21-11-15(38(3)4)10-18(33-21)17-8-9-24(28)35-25(17)29)22-13-16(39(5,6)7)12-19(34-22)20-14-23(37-36-20)27(30,31)32;/h9-14H,1-7H3;/q-1;+2. The van der Waals surface area contributed by atoms with Crippen LogP contribution in [0.5, 0.6) is 0 Å². The quantitative estimate of drug-likeness (QED) is 0.117. The van der Waals surface area contributed by atoms with E-state index in [2.05, 4.69) is 31.2 Å². The van der Waals surface area contributed by atoms with Gasteiger partial charge in [0.2, 0.25) is 0 Å². The minimum absolute atomic E-state index is 0. The van der Waals surface area contributed by atoms with E-state index in [0.717, 1.165) is 17.8 Å². The summed E-state index contributed by atoms with van der Waals surface area (Å²) in [5.41, 5.74) is 0.691. The summed E-state index contributed by atoms with van der Waals surface area (Å²) in [5.74, 6) is -2.05. The van der Waals surface area contributed by atoms with Gasteiger partial charge in [-0.05, 0) is 31.7 Å². The van der Waals surface area contributed by atoms with E-state index in [1.54, 1.807) is 31.1 Å². The van der Waals surface area contributed by atoms with Crippen LogP contribution in [0.15, 0.2) is 36.4 Å². The van der Waals surface area contributed by atoms with Crippen LogP contribution in [-0.2, 0) is 32.7 Å². The number of quaternary nitrogens is 1. The van der Waals surface area contributed by atoms with Crippen molar-refractivity contribution in [1.82, 2.24) is 29.6 Å². The van der Waals surface area contributed by atoms with Crippen molar-refractivity contribution < 1.29 is 43.0 Å². The molecule has 0 atom stereocenters. The van der Waals surface area contributed by atoms with E-state index < -0.39 is 29.2 Å². The summed E-state index contributed by atoms with van der Waals surface area (Å²) in [4.78, 5) is 14.4. The van der Waals surface area contributed by atoms with Gasteiger partial charge in [0.25, 0.3) is 0 Å². The Labute approximate surface area is 243 Å². The van der Waals surface area contributed by atoms with E-state index in [0.29, 0.717) is 21.6 Å². The molecule has 4 rings (SSSR count). The van der Waals surface area contributed by atoms with E-state index in [-0.39, 0.29) is 43.7 Å². The van der Waals surface area contributed by atoms with Crippen LogP contribution in [0.3, 0.4) is 0 Å². The Balaban J connectivity index is 0.00000441. The van der Waals surface area contributed by atoms with Gasteiger partial charge in [0.05, 0.1) is 32.5 Å². The molecule has 4 aromatic heterocycles. The van der Waals surface area contributed by atoms with Gasteiger partial charge >= 0.3 is 27.2 Å². The summed E-state index contributed by atoms with van der Waals surface area (Å²) in [5, 5.41) is 7.02. The Kier molecular flexibility index (Phi) is 8.58. The van der Waals surface area contributed by atoms with Gasteiger partial charge in [-0.15, -0.1) is 6.07 Å². The second kappa shape index (κ2) is 11.0. The maximum atomic E-state index is 14.6. The van der Waals surface area contributed by atoms with Crippen molar-refractivity contribution in [1.29, 1.82) is 0 Å². The average molecular weight is 740 g/mol. The number of halogens is 5. The summed E-state index contributed by atoms with van der Waals surface area (Å²) in [6.45, 7) is 3.70. The summed E-state index contributed by atoms with van der Waals surface area (Å²) in [6, 6.07) is 11.3. The molecular weight excluding hydrogens is 712 g/mol. The molecule has 0 aromatic carbocycles. The molecule has 0 spiro atoms. The number of nitrogens with zero attached hydrogens (tertiary/aromatic N) is 7. The Hall–Kier alpha value is -3.24. The average Bonchev–Trinajstić information content (AvgIpc) is 3.34. The fraction of sp³-hybridized carbons (Fsp3) is 0.333. The van der Waals surface area contributed by atoms with Gasteiger partial charge in [-0.1, -0.05) is 23.4 Å². The maximum Gasteiger partial charge on any atom is 2.00 e. The first-order valence-corrected chi connectivity index (χ1v) is 11.8. The molecule has 0 amide bonds. The topological polar surface area (TPSA) is 68.9 Å². The maximum absolute atomic E-state index is 14.6. The summed E-state index contributed by atoms with van der Waals surface area (Å²) in [7, 11) is 9.35. The van der Waals surface area contributed by atoms with Crippen LogP contribution < -0.4 is 14.5 Å². The third kappa shape index (κ3) is 6.39. The minimum atomic E-state index is -4.64. The van der Waals surface area contributed by atoms with Gasteiger partial charge in [0, 0.05) is 43.0 Å². The molecule has 40 heavy (non-hydrogen) atoms. The fourth-order valence-electron chi connectivity index (χ4n) is 3.82. The Morgan fingerprint density at radius 2 is 1.48 bits per heavy atom. The first kappa shape index (κ1) is 31.3. The van der Waals surface area contributed by atoms with Crippen molar-refractivity contribution in [2.45, 2.75) is 25.4 Å². The number of pyridine rings is 3. The molecule has 0 N–H and O–H groups in total. The van der Waals surface area contributed by atoms with Crippen molar-refractivity contribution in [3.8, 4) is 22.6 Å².